The Morgan fingerprint density at radius 2 is 2.20 bits per heavy atom. The lowest BCUT2D eigenvalue weighted by atomic mass is 9.99. The van der Waals surface area contributed by atoms with Crippen molar-refractivity contribution in [2.75, 3.05) is 6.54 Å². The molecule has 1 aromatic carbocycles. The highest BCUT2D eigenvalue weighted by Gasteiger charge is 2.22. The van der Waals surface area contributed by atoms with Crippen LogP contribution in [0, 0.1) is 0 Å². The number of aromatic nitrogens is 2. The van der Waals surface area contributed by atoms with E-state index >= 15 is 0 Å². The summed E-state index contributed by atoms with van der Waals surface area (Å²) in [5.41, 5.74) is 0.857. The van der Waals surface area contributed by atoms with Gasteiger partial charge >= 0.3 is 0 Å². The quantitative estimate of drug-likeness (QED) is 0.825. The predicted octanol–water partition coefficient (Wildman–Crippen LogP) is 2.97. The van der Waals surface area contributed by atoms with E-state index in [1.165, 1.54) is 0 Å². The number of hydrogen-bond acceptors (Lipinski definition) is 5. The normalized spacial score (nSPS) is 20.4. The molecule has 2 aromatic rings. The van der Waals surface area contributed by atoms with Crippen LogP contribution >= 0.6 is 11.6 Å². The minimum atomic E-state index is 0.0815. The van der Waals surface area contributed by atoms with Crippen LogP contribution in [0.4, 0.5) is 0 Å². The van der Waals surface area contributed by atoms with Gasteiger partial charge in [-0.1, -0.05) is 16.8 Å². The second kappa shape index (κ2) is 8.45. The van der Waals surface area contributed by atoms with E-state index in [9.17, 15) is 4.79 Å². The number of carbonyl (C=O) groups is 1. The molecule has 2 heterocycles. The maximum absolute atomic E-state index is 12.1. The van der Waals surface area contributed by atoms with Gasteiger partial charge < -0.3 is 15.2 Å². The average molecular weight is 363 g/mol. The Hall–Kier alpha value is -1.92. The van der Waals surface area contributed by atoms with Crippen molar-refractivity contribution in [1.82, 2.24) is 20.8 Å². The van der Waals surface area contributed by atoms with Crippen molar-refractivity contribution < 1.29 is 9.32 Å². The molecule has 2 atom stereocenters. The van der Waals surface area contributed by atoms with Crippen LogP contribution in [-0.4, -0.2) is 34.7 Å². The van der Waals surface area contributed by atoms with E-state index in [1.54, 1.807) is 12.1 Å². The largest absolute Gasteiger partial charge is 0.352 e. The van der Waals surface area contributed by atoms with E-state index in [0.717, 1.165) is 24.9 Å². The summed E-state index contributed by atoms with van der Waals surface area (Å²) in [6.07, 6.45) is 3.87. The summed E-state index contributed by atoms with van der Waals surface area (Å²) in [7, 11) is 0. The lowest BCUT2D eigenvalue weighted by Crippen LogP contribution is -2.51. The molecule has 1 fully saturated rings. The second-order valence-corrected chi connectivity index (χ2v) is 6.87. The van der Waals surface area contributed by atoms with Crippen LogP contribution in [0.15, 0.2) is 28.8 Å². The molecule has 134 valence electrons. The first-order chi connectivity index (χ1) is 12.1. The van der Waals surface area contributed by atoms with Gasteiger partial charge in [0.1, 0.15) is 0 Å². The van der Waals surface area contributed by atoms with E-state index in [1.807, 2.05) is 12.1 Å². The molecule has 1 aliphatic heterocycles. The molecule has 25 heavy (non-hydrogen) atoms. The summed E-state index contributed by atoms with van der Waals surface area (Å²) in [5.74, 6) is 1.17. The van der Waals surface area contributed by atoms with Crippen molar-refractivity contribution in [2.24, 2.45) is 0 Å². The first kappa shape index (κ1) is 17.9. The molecular formula is C18H23ClN4O2. The number of nitrogens with one attached hydrogen (secondary N) is 2. The number of hydrogen-bond donors (Lipinski definition) is 2. The van der Waals surface area contributed by atoms with Crippen molar-refractivity contribution in [1.29, 1.82) is 0 Å². The monoisotopic (exact) mass is 362 g/mol. The summed E-state index contributed by atoms with van der Waals surface area (Å²) in [4.78, 5) is 16.5. The van der Waals surface area contributed by atoms with Crippen LogP contribution in [0.1, 0.15) is 38.5 Å². The molecule has 1 aliphatic rings. The second-order valence-electron chi connectivity index (χ2n) is 6.43. The van der Waals surface area contributed by atoms with Crippen molar-refractivity contribution in [2.45, 2.75) is 51.1 Å². The molecule has 7 heteroatoms. The molecule has 3 rings (SSSR count). The van der Waals surface area contributed by atoms with Crippen molar-refractivity contribution in [3.05, 3.63) is 35.2 Å². The maximum atomic E-state index is 12.1. The zero-order chi connectivity index (χ0) is 17.6. The van der Waals surface area contributed by atoms with Gasteiger partial charge in [-0.15, -0.1) is 0 Å². The third-order valence-electron chi connectivity index (χ3n) is 4.47. The summed E-state index contributed by atoms with van der Waals surface area (Å²) >= 11 is 5.88. The van der Waals surface area contributed by atoms with Gasteiger partial charge in [0.2, 0.25) is 17.6 Å². The number of amides is 1. The summed E-state index contributed by atoms with van der Waals surface area (Å²) in [6.45, 7) is 3.14. The zero-order valence-electron chi connectivity index (χ0n) is 14.3. The molecule has 1 saturated heterocycles. The van der Waals surface area contributed by atoms with E-state index < -0.39 is 0 Å². The highest BCUT2D eigenvalue weighted by atomic mass is 35.5. The van der Waals surface area contributed by atoms with Crippen molar-refractivity contribution in [3.8, 4) is 11.4 Å². The minimum Gasteiger partial charge on any atom is -0.352 e. The first-order valence-electron chi connectivity index (χ1n) is 8.73. The zero-order valence-corrected chi connectivity index (χ0v) is 15.1. The van der Waals surface area contributed by atoms with Gasteiger partial charge in [-0.25, -0.2) is 0 Å². The Balaban J connectivity index is 1.44. The van der Waals surface area contributed by atoms with E-state index in [0.29, 0.717) is 42.0 Å². The summed E-state index contributed by atoms with van der Waals surface area (Å²) < 4.78 is 5.26. The Morgan fingerprint density at radius 1 is 1.40 bits per heavy atom. The summed E-state index contributed by atoms with van der Waals surface area (Å²) in [6, 6.07) is 7.83. The number of rotatable bonds is 6. The lowest BCUT2D eigenvalue weighted by molar-refractivity contribution is -0.122. The highest BCUT2D eigenvalue weighted by Crippen LogP contribution is 2.19. The van der Waals surface area contributed by atoms with Gasteiger partial charge in [0.15, 0.2) is 0 Å². The fraction of sp³-hybridized carbons (Fsp3) is 0.500. The van der Waals surface area contributed by atoms with Gasteiger partial charge in [0.25, 0.3) is 0 Å². The number of benzene rings is 1. The molecule has 6 nitrogen and oxygen atoms in total. The SMILES string of the molecule is CC1NCCCC1NC(=O)CCCc1nc(-c2ccc(Cl)cc2)no1. The van der Waals surface area contributed by atoms with E-state index in [2.05, 4.69) is 27.7 Å². The standard InChI is InChI=1S/C18H23ClN4O2/c1-12-15(4-3-11-20-12)21-16(24)5-2-6-17-22-18(23-25-17)13-7-9-14(19)10-8-13/h7-10,12,15,20H,2-6,11H2,1H3,(H,21,24). The fourth-order valence-corrected chi connectivity index (χ4v) is 3.12. The van der Waals surface area contributed by atoms with E-state index in [-0.39, 0.29) is 11.9 Å². The van der Waals surface area contributed by atoms with Crippen molar-refractivity contribution >= 4 is 17.5 Å². The molecule has 1 amide bonds. The Morgan fingerprint density at radius 3 is 2.96 bits per heavy atom. The first-order valence-corrected chi connectivity index (χ1v) is 9.11. The lowest BCUT2D eigenvalue weighted by Gasteiger charge is -2.30. The molecule has 0 aliphatic carbocycles. The Bertz CT molecular complexity index is 701. The smallest absolute Gasteiger partial charge is 0.226 e. The third kappa shape index (κ3) is 5.03. The molecule has 2 N–H and O–H groups in total. The number of aryl methyl sites for hydroxylation is 1. The number of piperidine rings is 1. The molecule has 0 bridgehead atoms. The number of carbonyl (C=O) groups excluding carboxylic acids is 1. The molecule has 0 radical (unpaired) electrons. The average Bonchev–Trinajstić information content (AvgIpc) is 3.06. The van der Waals surface area contributed by atoms with Crippen LogP contribution in [0.2, 0.25) is 5.02 Å². The van der Waals surface area contributed by atoms with Crippen LogP contribution in [0.3, 0.4) is 0 Å². The molecular weight excluding hydrogens is 340 g/mol. The third-order valence-corrected chi connectivity index (χ3v) is 4.73. The molecule has 2 unspecified atom stereocenters. The van der Waals surface area contributed by atoms with Crippen LogP contribution in [0.25, 0.3) is 11.4 Å². The fourth-order valence-electron chi connectivity index (χ4n) is 2.99. The number of nitrogens with zero attached hydrogens (tertiary/aromatic N) is 2. The predicted molar refractivity (Wildman–Crippen MR) is 96.3 cm³/mol. The molecule has 0 spiro atoms. The van der Waals surface area contributed by atoms with E-state index in [4.69, 9.17) is 16.1 Å². The Kier molecular flexibility index (Phi) is 6.04. The van der Waals surface area contributed by atoms with Crippen LogP contribution < -0.4 is 10.6 Å². The summed E-state index contributed by atoms with van der Waals surface area (Å²) in [5, 5.41) is 11.1. The molecule has 0 saturated carbocycles. The minimum absolute atomic E-state index is 0.0815. The maximum Gasteiger partial charge on any atom is 0.226 e. The topological polar surface area (TPSA) is 80.0 Å². The van der Waals surface area contributed by atoms with Gasteiger partial charge in [-0.05, 0) is 57.0 Å². The Labute approximate surface area is 152 Å². The van der Waals surface area contributed by atoms with Crippen molar-refractivity contribution in [3.63, 3.8) is 0 Å². The van der Waals surface area contributed by atoms with Crippen LogP contribution in [0.5, 0.6) is 0 Å². The van der Waals surface area contributed by atoms with Gasteiger partial charge in [0.05, 0.1) is 0 Å². The highest BCUT2D eigenvalue weighted by molar-refractivity contribution is 6.30. The van der Waals surface area contributed by atoms with Gasteiger partial charge in [-0.2, -0.15) is 4.98 Å². The number of halogens is 1. The van der Waals surface area contributed by atoms with Gasteiger partial charge in [-0.3, -0.25) is 4.79 Å². The molecule has 1 aromatic heterocycles. The van der Waals surface area contributed by atoms with Gasteiger partial charge in [0, 0.05) is 35.5 Å². The van der Waals surface area contributed by atoms with Crippen LogP contribution in [-0.2, 0) is 11.2 Å².